The standard InChI is InChI=1S/C14H24N4O3S/c1-4-17-8-14(11(2)15-17)22(19,20)18-6-12-5-16(3)13(7-18)10-21-9-12/h8,12-13H,4-7,9-10H2,1-3H3/t12-,13+/m1/s1. The van der Waals surface area contributed by atoms with Crippen molar-refractivity contribution < 1.29 is 13.2 Å². The van der Waals surface area contributed by atoms with Gasteiger partial charge in [0.25, 0.3) is 0 Å². The number of ether oxygens (including phenoxy) is 1. The quantitative estimate of drug-likeness (QED) is 0.791. The van der Waals surface area contributed by atoms with Crippen LogP contribution in [0.15, 0.2) is 11.1 Å². The van der Waals surface area contributed by atoms with Crippen molar-refractivity contribution in [2.24, 2.45) is 5.92 Å². The predicted octanol–water partition coefficient (Wildman–Crippen LogP) is 0.163. The molecule has 2 saturated heterocycles. The Bertz CT molecular complexity index is 643. The average Bonchev–Trinajstić information content (AvgIpc) is 2.64. The van der Waals surface area contributed by atoms with E-state index in [1.807, 2.05) is 14.0 Å². The van der Waals surface area contributed by atoms with Gasteiger partial charge >= 0.3 is 0 Å². The number of hydrogen-bond acceptors (Lipinski definition) is 5. The van der Waals surface area contributed by atoms with Gasteiger partial charge in [-0.15, -0.1) is 0 Å². The van der Waals surface area contributed by atoms with Crippen LogP contribution in [-0.4, -0.2) is 73.3 Å². The molecule has 2 aliphatic heterocycles. The molecule has 0 spiro atoms. The Morgan fingerprint density at radius 1 is 1.32 bits per heavy atom. The number of rotatable bonds is 3. The Morgan fingerprint density at radius 3 is 2.77 bits per heavy atom. The molecule has 0 unspecified atom stereocenters. The molecule has 2 bridgehead atoms. The van der Waals surface area contributed by atoms with Crippen LogP contribution in [0.4, 0.5) is 0 Å². The molecule has 2 atom stereocenters. The van der Waals surface area contributed by atoms with Crippen LogP contribution in [0.1, 0.15) is 12.6 Å². The molecule has 0 radical (unpaired) electrons. The molecule has 8 heteroatoms. The zero-order valence-corrected chi connectivity index (χ0v) is 14.2. The number of nitrogens with zero attached hydrogens (tertiary/aromatic N) is 4. The number of aromatic nitrogens is 2. The first-order valence-corrected chi connectivity index (χ1v) is 9.18. The van der Waals surface area contributed by atoms with Crippen LogP contribution in [-0.2, 0) is 21.3 Å². The maximum Gasteiger partial charge on any atom is 0.246 e. The molecular weight excluding hydrogens is 304 g/mol. The Hall–Kier alpha value is -0.960. The van der Waals surface area contributed by atoms with E-state index in [0.29, 0.717) is 43.4 Å². The van der Waals surface area contributed by atoms with Crippen LogP contribution >= 0.6 is 0 Å². The third kappa shape index (κ3) is 2.80. The van der Waals surface area contributed by atoms with E-state index in [9.17, 15) is 8.42 Å². The third-order valence-corrected chi connectivity index (χ3v) is 6.49. The first-order chi connectivity index (χ1) is 10.4. The van der Waals surface area contributed by atoms with Gasteiger partial charge in [-0.05, 0) is 20.9 Å². The molecule has 1 aromatic heterocycles. The van der Waals surface area contributed by atoms with Crippen LogP contribution in [0, 0.1) is 12.8 Å². The monoisotopic (exact) mass is 328 g/mol. The molecule has 124 valence electrons. The van der Waals surface area contributed by atoms with Crippen molar-refractivity contribution in [2.45, 2.75) is 31.3 Å². The highest BCUT2D eigenvalue weighted by atomic mass is 32.2. The van der Waals surface area contributed by atoms with E-state index in [0.717, 1.165) is 6.54 Å². The molecule has 1 aromatic rings. The summed E-state index contributed by atoms with van der Waals surface area (Å²) in [6.07, 6.45) is 1.64. The van der Waals surface area contributed by atoms with Crippen molar-refractivity contribution in [3.63, 3.8) is 0 Å². The fourth-order valence-corrected chi connectivity index (χ4v) is 4.98. The predicted molar refractivity (Wildman–Crippen MR) is 82.1 cm³/mol. The molecule has 3 rings (SSSR count). The van der Waals surface area contributed by atoms with Crippen molar-refractivity contribution in [2.75, 3.05) is 39.9 Å². The first kappa shape index (κ1) is 15.9. The van der Waals surface area contributed by atoms with Crippen molar-refractivity contribution in [1.29, 1.82) is 0 Å². The van der Waals surface area contributed by atoms with E-state index < -0.39 is 10.0 Å². The molecule has 0 aromatic carbocycles. The van der Waals surface area contributed by atoms with Crippen LogP contribution in [0.25, 0.3) is 0 Å². The van der Waals surface area contributed by atoms with E-state index in [2.05, 4.69) is 10.00 Å². The van der Waals surface area contributed by atoms with Gasteiger partial charge in [-0.1, -0.05) is 0 Å². The van der Waals surface area contributed by atoms with Crippen LogP contribution in [0.5, 0.6) is 0 Å². The van der Waals surface area contributed by atoms with Gasteiger partial charge in [0, 0.05) is 44.3 Å². The van der Waals surface area contributed by atoms with E-state index in [-0.39, 0.29) is 12.0 Å². The number of hydrogen-bond donors (Lipinski definition) is 0. The van der Waals surface area contributed by atoms with Gasteiger partial charge < -0.3 is 4.74 Å². The van der Waals surface area contributed by atoms with Gasteiger partial charge in [0.1, 0.15) is 4.90 Å². The fraction of sp³-hybridized carbons (Fsp3) is 0.786. The summed E-state index contributed by atoms with van der Waals surface area (Å²) in [5, 5.41) is 4.28. The maximum absolute atomic E-state index is 13.0. The summed E-state index contributed by atoms with van der Waals surface area (Å²) in [6, 6.07) is 0.115. The molecule has 0 N–H and O–H groups in total. The molecule has 0 saturated carbocycles. The lowest BCUT2D eigenvalue weighted by Gasteiger charge is -2.28. The smallest absolute Gasteiger partial charge is 0.246 e. The molecule has 7 nitrogen and oxygen atoms in total. The molecule has 2 fully saturated rings. The number of likely N-dealkylation sites (N-methyl/N-ethyl adjacent to an activating group) is 1. The summed E-state index contributed by atoms with van der Waals surface area (Å²) in [7, 11) is -1.46. The highest BCUT2D eigenvalue weighted by Gasteiger charge is 2.38. The SMILES string of the molecule is CCn1cc(S(=O)(=O)N2C[C@@H]3COC[C@H](C2)N(C)C3)c(C)n1. The lowest BCUT2D eigenvalue weighted by molar-refractivity contribution is 0.0727. The van der Waals surface area contributed by atoms with Gasteiger partial charge in [-0.2, -0.15) is 9.40 Å². The Kier molecular flexibility index (Phi) is 4.28. The molecule has 3 heterocycles. The van der Waals surface area contributed by atoms with Gasteiger partial charge in [0.2, 0.25) is 10.0 Å². The zero-order chi connectivity index (χ0) is 15.9. The van der Waals surface area contributed by atoms with Crippen LogP contribution < -0.4 is 0 Å². The lowest BCUT2D eigenvalue weighted by Crippen LogP contribution is -2.44. The maximum atomic E-state index is 13.0. The second-order valence-electron chi connectivity index (χ2n) is 6.25. The molecule has 22 heavy (non-hydrogen) atoms. The number of aryl methyl sites for hydroxylation is 2. The van der Waals surface area contributed by atoms with Gasteiger partial charge in [0.05, 0.1) is 18.9 Å². The highest BCUT2D eigenvalue weighted by Crippen LogP contribution is 2.25. The third-order valence-electron chi connectivity index (χ3n) is 4.55. The van der Waals surface area contributed by atoms with E-state index >= 15 is 0 Å². The summed E-state index contributed by atoms with van der Waals surface area (Å²) >= 11 is 0. The summed E-state index contributed by atoms with van der Waals surface area (Å²) < 4.78 is 35.0. The fourth-order valence-electron chi connectivity index (χ4n) is 3.26. The minimum absolute atomic E-state index is 0.115. The van der Waals surface area contributed by atoms with Gasteiger partial charge in [0.15, 0.2) is 0 Å². The number of fused-ring (bicyclic) bond motifs is 3. The second kappa shape index (κ2) is 5.92. The molecule has 2 aliphatic rings. The van der Waals surface area contributed by atoms with Gasteiger partial charge in [-0.3, -0.25) is 9.58 Å². The lowest BCUT2D eigenvalue weighted by atomic mass is 10.1. The minimum atomic E-state index is -3.50. The molecule has 0 amide bonds. The van der Waals surface area contributed by atoms with Crippen LogP contribution in [0.3, 0.4) is 0 Å². The topological polar surface area (TPSA) is 67.7 Å². The molecule has 0 aliphatic carbocycles. The Morgan fingerprint density at radius 2 is 2.09 bits per heavy atom. The van der Waals surface area contributed by atoms with Crippen molar-refractivity contribution in [3.05, 3.63) is 11.9 Å². The summed E-state index contributed by atoms with van der Waals surface area (Å²) in [6.45, 7) is 7.46. The van der Waals surface area contributed by atoms with Crippen molar-refractivity contribution in [1.82, 2.24) is 19.0 Å². The zero-order valence-electron chi connectivity index (χ0n) is 13.4. The Balaban J connectivity index is 1.93. The second-order valence-corrected chi connectivity index (χ2v) is 8.16. The summed E-state index contributed by atoms with van der Waals surface area (Å²) in [5.41, 5.74) is 0.570. The van der Waals surface area contributed by atoms with E-state index in [4.69, 9.17) is 4.74 Å². The Labute approximate surface area is 131 Å². The van der Waals surface area contributed by atoms with Crippen molar-refractivity contribution >= 4 is 10.0 Å². The highest BCUT2D eigenvalue weighted by molar-refractivity contribution is 7.89. The summed E-state index contributed by atoms with van der Waals surface area (Å²) in [5.74, 6) is 0.216. The first-order valence-electron chi connectivity index (χ1n) is 7.74. The number of sulfonamides is 1. The minimum Gasteiger partial charge on any atom is -0.379 e. The van der Waals surface area contributed by atoms with E-state index in [1.165, 1.54) is 0 Å². The van der Waals surface area contributed by atoms with E-state index in [1.54, 1.807) is 22.1 Å². The average molecular weight is 328 g/mol. The van der Waals surface area contributed by atoms with Crippen molar-refractivity contribution in [3.8, 4) is 0 Å². The largest absolute Gasteiger partial charge is 0.379 e. The molecular formula is C14H24N4O3S. The summed E-state index contributed by atoms with van der Waals surface area (Å²) in [4.78, 5) is 2.55. The normalized spacial score (nSPS) is 27.8. The van der Waals surface area contributed by atoms with Crippen LogP contribution in [0.2, 0.25) is 0 Å². The van der Waals surface area contributed by atoms with Gasteiger partial charge in [-0.25, -0.2) is 8.42 Å².